The molecule has 0 radical (unpaired) electrons. The largest absolute Gasteiger partial charge is 0.367 e. The standard InChI is InChI=1S/C19H26N6O/c1-3-15-11-18(23-13-22-15)25-9-7-16(8-10-25)24-17-6-5-14(12-21-17)19(26)20-4-2/h5-6,11-13,16H,3-4,7-10H2,1-2H3,(H,20,26)(H,21,24). The number of aromatic nitrogens is 3. The molecule has 0 bridgehead atoms. The van der Waals surface area contributed by atoms with Crippen molar-refractivity contribution in [1.29, 1.82) is 0 Å². The number of rotatable bonds is 6. The van der Waals surface area contributed by atoms with Crippen molar-refractivity contribution in [3.63, 3.8) is 0 Å². The summed E-state index contributed by atoms with van der Waals surface area (Å²) < 4.78 is 0. The topological polar surface area (TPSA) is 83.0 Å². The van der Waals surface area contributed by atoms with Crippen LogP contribution in [0.25, 0.3) is 0 Å². The van der Waals surface area contributed by atoms with E-state index in [9.17, 15) is 4.79 Å². The fraction of sp³-hybridized carbons (Fsp3) is 0.474. The second-order valence-corrected chi connectivity index (χ2v) is 6.42. The Balaban J connectivity index is 1.53. The van der Waals surface area contributed by atoms with E-state index in [-0.39, 0.29) is 5.91 Å². The Morgan fingerprint density at radius 1 is 1.19 bits per heavy atom. The number of hydrogen-bond donors (Lipinski definition) is 2. The van der Waals surface area contributed by atoms with Crippen LogP contribution in [0.1, 0.15) is 42.7 Å². The number of piperidine rings is 1. The molecular weight excluding hydrogens is 328 g/mol. The molecule has 0 aliphatic carbocycles. The lowest BCUT2D eigenvalue weighted by atomic mass is 10.0. The third-order valence-corrected chi connectivity index (χ3v) is 4.61. The van der Waals surface area contributed by atoms with Crippen molar-refractivity contribution in [2.45, 2.75) is 39.2 Å². The van der Waals surface area contributed by atoms with E-state index in [1.165, 1.54) is 0 Å². The van der Waals surface area contributed by atoms with Crippen molar-refractivity contribution in [1.82, 2.24) is 20.3 Å². The smallest absolute Gasteiger partial charge is 0.252 e. The summed E-state index contributed by atoms with van der Waals surface area (Å²) in [5, 5.41) is 6.25. The van der Waals surface area contributed by atoms with E-state index in [2.05, 4.69) is 43.5 Å². The zero-order chi connectivity index (χ0) is 18.4. The van der Waals surface area contributed by atoms with Gasteiger partial charge in [0.15, 0.2) is 0 Å². The minimum absolute atomic E-state index is 0.0869. The number of pyridine rings is 1. The van der Waals surface area contributed by atoms with E-state index in [0.29, 0.717) is 18.2 Å². The second kappa shape index (κ2) is 8.60. The number of aryl methyl sites for hydroxylation is 1. The molecule has 1 aliphatic heterocycles. The van der Waals surface area contributed by atoms with Gasteiger partial charge in [-0.3, -0.25) is 4.79 Å². The molecule has 2 aromatic heterocycles. The molecule has 3 heterocycles. The Morgan fingerprint density at radius 2 is 2.00 bits per heavy atom. The molecule has 2 N–H and O–H groups in total. The Morgan fingerprint density at radius 3 is 2.65 bits per heavy atom. The van der Waals surface area contributed by atoms with Gasteiger partial charge in [-0.1, -0.05) is 6.92 Å². The Labute approximate surface area is 154 Å². The lowest BCUT2D eigenvalue weighted by Crippen LogP contribution is -2.39. The van der Waals surface area contributed by atoms with Crippen molar-refractivity contribution in [2.75, 3.05) is 29.9 Å². The highest BCUT2D eigenvalue weighted by molar-refractivity contribution is 5.93. The number of carbonyl (C=O) groups is 1. The van der Waals surface area contributed by atoms with Crippen molar-refractivity contribution >= 4 is 17.5 Å². The van der Waals surface area contributed by atoms with Crippen LogP contribution in [0, 0.1) is 0 Å². The summed E-state index contributed by atoms with van der Waals surface area (Å²) in [6.07, 6.45) is 6.23. The maximum Gasteiger partial charge on any atom is 0.252 e. The first kappa shape index (κ1) is 18.1. The van der Waals surface area contributed by atoms with Gasteiger partial charge in [-0.2, -0.15) is 0 Å². The highest BCUT2D eigenvalue weighted by Crippen LogP contribution is 2.20. The van der Waals surface area contributed by atoms with E-state index in [1.807, 2.05) is 19.1 Å². The zero-order valence-electron chi connectivity index (χ0n) is 15.4. The highest BCUT2D eigenvalue weighted by Gasteiger charge is 2.20. The number of nitrogens with one attached hydrogen (secondary N) is 2. The van der Waals surface area contributed by atoms with Gasteiger partial charge in [0.1, 0.15) is 18.0 Å². The predicted molar refractivity (Wildman–Crippen MR) is 103 cm³/mol. The van der Waals surface area contributed by atoms with Gasteiger partial charge >= 0.3 is 0 Å². The van der Waals surface area contributed by atoms with E-state index >= 15 is 0 Å². The average Bonchev–Trinajstić information content (AvgIpc) is 2.69. The summed E-state index contributed by atoms with van der Waals surface area (Å²) in [5.41, 5.74) is 1.66. The van der Waals surface area contributed by atoms with Gasteiger partial charge in [-0.25, -0.2) is 15.0 Å². The van der Waals surface area contributed by atoms with Gasteiger partial charge in [-0.05, 0) is 38.3 Å². The summed E-state index contributed by atoms with van der Waals surface area (Å²) in [7, 11) is 0. The first-order valence-corrected chi connectivity index (χ1v) is 9.26. The number of hydrogen-bond acceptors (Lipinski definition) is 6. The molecule has 0 saturated carbocycles. The van der Waals surface area contributed by atoms with Crippen LogP contribution in [0.15, 0.2) is 30.7 Å². The highest BCUT2D eigenvalue weighted by atomic mass is 16.1. The van der Waals surface area contributed by atoms with E-state index in [1.54, 1.807) is 12.5 Å². The molecule has 2 aromatic rings. The normalized spacial score (nSPS) is 14.9. The molecule has 1 amide bonds. The van der Waals surface area contributed by atoms with Gasteiger partial charge < -0.3 is 15.5 Å². The van der Waals surface area contributed by atoms with Crippen LogP contribution in [-0.2, 0) is 6.42 Å². The number of carbonyl (C=O) groups excluding carboxylic acids is 1. The lowest BCUT2D eigenvalue weighted by Gasteiger charge is -2.33. The molecular formula is C19H26N6O. The van der Waals surface area contributed by atoms with Crippen LogP contribution in [0.3, 0.4) is 0 Å². The van der Waals surface area contributed by atoms with Crippen LogP contribution in [0.2, 0.25) is 0 Å². The molecule has 138 valence electrons. The minimum Gasteiger partial charge on any atom is -0.367 e. The molecule has 0 atom stereocenters. The Bertz CT molecular complexity index is 725. The molecule has 1 aliphatic rings. The molecule has 1 fully saturated rings. The van der Waals surface area contributed by atoms with Crippen molar-refractivity contribution in [3.05, 3.63) is 42.0 Å². The lowest BCUT2D eigenvalue weighted by molar-refractivity contribution is 0.0955. The molecule has 1 saturated heterocycles. The fourth-order valence-corrected chi connectivity index (χ4v) is 3.09. The molecule has 0 spiro atoms. The second-order valence-electron chi connectivity index (χ2n) is 6.42. The van der Waals surface area contributed by atoms with Gasteiger partial charge in [0.05, 0.1) is 5.56 Å². The fourth-order valence-electron chi connectivity index (χ4n) is 3.09. The van der Waals surface area contributed by atoms with Gasteiger partial charge in [-0.15, -0.1) is 0 Å². The maximum absolute atomic E-state index is 11.8. The molecule has 3 rings (SSSR count). The van der Waals surface area contributed by atoms with Crippen LogP contribution in [0.4, 0.5) is 11.6 Å². The summed E-state index contributed by atoms with van der Waals surface area (Å²) in [5.74, 6) is 1.74. The van der Waals surface area contributed by atoms with Crippen LogP contribution in [0.5, 0.6) is 0 Å². The third-order valence-electron chi connectivity index (χ3n) is 4.61. The minimum atomic E-state index is -0.0869. The van der Waals surface area contributed by atoms with Gasteiger partial charge in [0, 0.05) is 43.6 Å². The first-order chi connectivity index (χ1) is 12.7. The zero-order valence-corrected chi connectivity index (χ0v) is 15.4. The first-order valence-electron chi connectivity index (χ1n) is 9.26. The van der Waals surface area contributed by atoms with Crippen molar-refractivity contribution < 1.29 is 4.79 Å². The Kier molecular flexibility index (Phi) is 5.99. The molecule has 7 nitrogen and oxygen atoms in total. The number of amides is 1. The maximum atomic E-state index is 11.8. The molecule has 0 unspecified atom stereocenters. The summed E-state index contributed by atoms with van der Waals surface area (Å²) in [6, 6.07) is 6.13. The van der Waals surface area contributed by atoms with Crippen LogP contribution < -0.4 is 15.5 Å². The van der Waals surface area contributed by atoms with E-state index in [0.717, 1.165) is 49.7 Å². The third kappa shape index (κ3) is 4.47. The van der Waals surface area contributed by atoms with E-state index in [4.69, 9.17) is 0 Å². The SMILES string of the molecule is CCNC(=O)c1ccc(NC2CCN(c3cc(CC)ncn3)CC2)nc1. The Hall–Kier alpha value is -2.70. The van der Waals surface area contributed by atoms with Gasteiger partial charge in [0.25, 0.3) is 5.91 Å². The van der Waals surface area contributed by atoms with Crippen LogP contribution in [-0.4, -0.2) is 46.5 Å². The summed E-state index contributed by atoms with van der Waals surface area (Å²) in [6.45, 7) is 6.53. The van der Waals surface area contributed by atoms with Crippen molar-refractivity contribution in [2.24, 2.45) is 0 Å². The quantitative estimate of drug-likeness (QED) is 0.828. The van der Waals surface area contributed by atoms with E-state index < -0.39 is 0 Å². The van der Waals surface area contributed by atoms with Crippen molar-refractivity contribution in [3.8, 4) is 0 Å². The monoisotopic (exact) mass is 354 g/mol. The molecule has 26 heavy (non-hydrogen) atoms. The number of nitrogens with zero attached hydrogens (tertiary/aromatic N) is 4. The van der Waals surface area contributed by atoms with Gasteiger partial charge in [0.2, 0.25) is 0 Å². The predicted octanol–water partition coefficient (Wildman–Crippen LogP) is 2.26. The molecule has 7 heteroatoms. The number of anilines is 2. The van der Waals surface area contributed by atoms with Crippen LogP contribution >= 0.6 is 0 Å². The summed E-state index contributed by atoms with van der Waals surface area (Å²) in [4.78, 5) is 27.1. The average molecular weight is 354 g/mol. The molecule has 0 aromatic carbocycles. The summed E-state index contributed by atoms with van der Waals surface area (Å²) >= 11 is 0.